The highest BCUT2D eigenvalue weighted by Gasteiger charge is 2.32. The van der Waals surface area contributed by atoms with Crippen LogP contribution in [0.5, 0.6) is 0 Å². The first-order valence-electron chi connectivity index (χ1n) is 7.25. The van der Waals surface area contributed by atoms with Crippen molar-refractivity contribution in [3.8, 4) is 0 Å². The first-order valence-corrected chi connectivity index (χ1v) is 7.25. The zero-order chi connectivity index (χ0) is 13.7. The molecule has 0 aliphatic carbocycles. The summed E-state index contributed by atoms with van der Waals surface area (Å²) in [5, 5.41) is 0. The minimum absolute atomic E-state index is 0.0784. The van der Waals surface area contributed by atoms with E-state index >= 15 is 0 Å². The highest BCUT2D eigenvalue weighted by atomic mass is 16.5. The van der Waals surface area contributed by atoms with Crippen LogP contribution in [-0.2, 0) is 19.1 Å². The van der Waals surface area contributed by atoms with Crippen molar-refractivity contribution in [3.05, 3.63) is 0 Å². The van der Waals surface area contributed by atoms with Crippen molar-refractivity contribution in [2.75, 3.05) is 32.9 Å². The second kappa shape index (κ2) is 6.89. The maximum Gasteiger partial charge on any atom is 0.310 e. The van der Waals surface area contributed by atoms with Gasteiger partial charge in [0.2, 0.25) is 5.91 Å². The number of likely N-dealkylation sites (tertiary alicyclic amines) is 1. The van der Waals surface area contributed by atoms with E-state index in [0.717, 1.165) is 32.2 Å². The topological polar surface area (TPSA) is 55.8 Å². The fourth-order valence-corrected chi connectivity index (χ4v) is 2.83. The van der Waals surface area contributed by atoms with E-state index < -0.39 is 0 Å². The van der Waals surface area contributed by atoms with Crippen molar-refractivity contribution in [1.29, 1.82) is 0 Å². The quantitative estimate of drug-likeness (QED) is 0.723. The number of esters is 1. The lowest BCUT2D eigenvalue weighted by Crippen LogP contribution is -2.46. The Balaban J connectivity index is 1.89. The smallest absolute Gasteiger partial charge is 0.310 e. The van der Waals surface area contributed by atoms with Crippen molar-refractivity contribution >= 4 is 11.9 Å². The summed E-state index contributed by atoms with van der Waals surface area (Å²) in [6, 6.07) is 0. The molecule has 2 heterocycles. The molecular formula is C14H23NO4. The van der Waals surface area contributed by atoms with Crippen molar-refractivity contribution < 1.29 is 19.1 Å². The first-order chi connectivity index (χ1) is 9.22. The predicted octanol–water partition coefficient (Wildman–Crippen LogP) is 1.21. The summed E-state index contributed by atoms with van der Waals surface area (Å²) in [5.74, 6) is -0.0311. The summed E-state index contributed by atoms with van der Waals surface area (Å²) >= 11 is 0. The number of piperidine rings is 1. The molecule has 2 aliphatic heterocycles. The van der Waals surface area contributed by atoms with Crippen LogP contribution in [0.3, 0.4) is 0 Å². The molecule has 5 heteroatoms. The zero-order valence-corrected chi connectivity index (χ0v) is 11.6. The van der Waals surface area contributed by atoms with Gasteiger partial charge in [-0.15, -0.1) is 0 Å². The van der Waals surface area contributed by atoms with Gasteiger partial charge in [-0.25, -0.2) is 0 Å². The van der Waals surface area contributed by atoms with Crippen molar-refractivity contribution in [1.82, 2.24) is 4.90 Å². The largest absolute Gasteiger partial charge is 0.466 e. The van der Waals surface area contributed by atoms with Crippen LogP contribution in [0.25, 0.3) is 0 Å². The number of carbonyl (C=O) groups is 2. The molecule has 2 fully saturated rings. The van der Waals surface area contributed by atoms with E-state index in [1.165, 1.54) is 0 Å². The summed E-state index contributed by atoms with van der Waals surface area (Å²) in [4.78, 5) is 26.0. The van der Waals surface area contributed by atoms with Gasteiger partial charge in [-0.3, -0.25) is 9.59 Å². The van der Waals surface area contributed by atoms with Crippen LogP contribution in [0.1, 0.15) is 32.6 Å². The number of hydrogen-bond acceptors (Lipinski definition) is 4. The Morgan fingerprint density at radius 2 is 1.95 bits per heavy atom. The van der Waals surface area contributed by atoms with Crippen LogP contribution in [0.15, 0.2) is 0 Å². The van der Waals surface area contributed by atoms with E-state index in [0.29, 0.717) is 26.4 Å². The average Bonchev–Trinajstić information content (AvgIpc) is 2.48. The molecule has 2 saturated heterocycles. The third-order valence-corrected chi connectivity index (χ3v) is 3.92. The van der Waals surface area contributed by atoms with Gasteiger partial charge in [0.25, 0.3) is 0 Å². The molecule has 108 valence electrons. The van der Waals surface area contributed by atoms with E-state index in [-0.39, 0.29) is 23.7 Å². The highest BCUT2D eigenvalue weighted by molar-refractivity contribution is 5.80. The summed E-state index contributed by atoms with van der Waals surface area (Å²) in [6.45, 7) is 4.85. The molecule has 0 aromatic rings. The lowest BCUT2D eigenvalue weighted by atomic mass is 9.94. The van der Waals surface area contributed by atoms with Crippen LogP contribution in [-0.4, -0.2) is 49.7 Å². The standard InChI is InChI=1S/C14H23NO4/c1-2-19-14(17)12-4-3-7-15(10-12)13(16)11-5-8-18-9-6-11/h11-12H,2-10H2,1H3/t12-/m0/s1. The van der Waals surface area contributed by atoms with Gasteiger partial charge in [0, 0.05) is 32.2 Å². The minimum atomic E-state index is -0.160. The van der Waals surface area contributed by atoms with Gasteiger partial charge in [0.05, 0.1) is 12.5 Å². The third kappa shape index (κ3) is 3.69. The molecule has 0 unspecified atom stereocenters. The number of ether oxygens (including phenoxy) is 2. The molecule has 19 heavy (non-hydrogen) atoms. The summed E-state index contributed by atoms with van der Waals surface area (Å²) in [5.41, 5.74) is 0. The Morgan fingerprint density at radius 3 is 2.63 bits per heavy atom. The maximum absolute atomic E-state index is 12.4. The fraction of sp³-hybridized carbons (Fsp3) is 0.857. The van der Waals surface area contributed by atoms with Gasteiger partial charge in [0.1, 0.15) is 0 Å². The Kier molecular flexibility index (Phi) is 5.19. The fourth-order valence-electron chi connectivity index (χ4n) is 2.83. The van der Waals surface area contributed by atoms with Gasteiger partial charge in [-0.1, -0.05) is 0 Å². The minimum Gasteiger partial charge on any atom is -0.466 e. The Morgan fingerprint density at radius 1 is 1.21 bits per heavy atom. The highest BCUT2D eigenvalue weighted by Crippen LogP contribution is 2.23. The number of carbonyl (C=O) groups excluding carboxylic acids is 2. The van der Waals surface area contributed by atoms with Crippen LogP contribution in [0.4, 0.5) is 0 Å². The Labute approximate surface area is 114 Å². The predicted molar refractivity (Wildman–Crippen MR) is 69.5 cm³/mol. The van der Waals surface area contributed by atoms with Crippen LogP contribution in [0, 0.1) is 11.8 Å². The van der Waals surface area contributed by atoms with Gasteiger partial charge >= 0.3 is 5.97 Å². The second-order valence-corrected chi connectivity index (χ2v) is 5.26. The lowest BCUT2D eigenvalue weighted by molar-refractivity contribution is -0.152. The number of nitrogens with zero attached hydrogens (tertiary/aromatic N) is 1. The summed E-state index contributed by atoms with van der Waals surface area (Å²) in [6.07, 6.45) is 3.33. The SMILES string of the molecule is CCOC(=O)[C@H]1CCCN(C(=O)C2CCOCC2)C1. The molecule has 0 saturated carbocycles. The molecule has 0 bridgehead atoms. The number of hydrogen-bond donors (Lipinski definition) is 0. The molecule has 1 amide bonds. The maximum atomic E-state index is 12.4. The summed E-state index contributed by atoms with van der Waals surface area (Å²) < 4.78 is 10.3. The van der Waals surface area contributed by atoms with Crippen molar-refractivity contribution in [3.63, 3.8) is 0 Å². The number of amides is 1. The molecule has 2 aliphatic rings. The molecular weight excluding hydrogens is 246 g/mol. The summed E-state index contributed by atoms with van der Waals surface area (Å²) in [7, 11) is 0. The molecule has 0 aromatic carbocycles. The van der Waals surface area contributed by atoms with E-state index in [4.69, 9.17) is 9.47 Å². The van der Waals surface area contributed by atoms with Gasteiger partial charge in [-0.05, 0) is 32.6 Å². The Bertz CT molecular complexity index is 325. The lowest BCUT2D eigenvalue weighted by Gasteiger charge is -2.34. The average molecular weight is 269 g/mol. The normalized spacial score (nSPS) is 25.1. The number of rotatable bonds is 3. The molecule has 1 atom stereocenters. The molecule has 0 spiro atoms. The Hall–Kier alpha value is -1.10. The first kappa shape index (κ1) is 14.3. The third-order valence-electron chi connectivity index (χ3n) is 3.92. The van der Waals surface area contributed by atoms with Crippen LogP contribution in [0.2, 0.25) is 0 Å². The van der Waals surface area contributed by atoms with E-state index in [9.17, 15) is 9.59 Å². The monoisotopic (exact) mass is 269 g/mol. The van der Waals surface area contributed by atoms with Gasteiger partial charge < -0.3 is 14.4 Å². The van der Waals surface area contributed by atoms with E-state index in [1.54, 1.807) is 0 Å². The van der Waals surface area contributed by atoms with Gasteiger partial charge in [-0.2, -0.15) is 0 Å². The van der Waals surface area contributed by atoms with Crippen molar-refractivity contribution in [2.24, 2.45) is 11.8 Å². The van der Waals surface area contributed by atoms with Crippen LogP contribution >= 0.6 is 0 Å². The molecule has 0 aromatic heterocycles. The zero-order valence-electron chi connectivity index (χ0n) is 11.6. The van der Waals surface area contributed by atoms with E-state index in [1.807, 2.05) is 11.8 Å². The molecule has 2 rings (SSSR count). The van der Waals surface area contributed by atoms with Crippen LogP contribution < -0.4 is 0 Å². The van der Waals surface area contributed by atoms with Gasteiger partial charge in [0.15, 0.2) is 0 Å². The molecule has 0 radical (unpaired) electrons. The molecule has 5 nitrogen and oxygen atoms in total. The van der Waals surface area contributed by atoms with Crippen molar-refractivity contribution in [2.45, 2.75) is 32.6 Å². The second-order valence-electron chi connectivity index (χ2n) is 5.26. The van der Waals surface area contributed by atoms with E-state index in [2.05, 4.69) is 0 Å². The molecule has 0 N–H and O–H groups in total.